The van der Waals surface area contributed by atoms with Crippen LogP contribution < -0.4 is 11.1 Å². The molecule has 1 aromatic carbocycles. The molecule has 1 aromatic rings. The number of nitrogens with one attached hydrogen (secondary N) is 1. The third-order valence-electron chi connectivity index (χ3n) is 3.25. The van der Waals surface area contributed by atoms with Gasteiger partial charge in [-0.05, 0) is 36.6 Å². The Kier molecular flexibility index (Phi) is 5.12. The van der Waals surface area contributed by atoms with E-state index in [1.165, 1.54) is 16.7 Å². The smallest absolute Gasteiger partial charge is 0.0601 e. The molecule has 0 saturated carbocycles. The highest BCUT2D eigenvalue weighted by molar-refractivity contribution is 5.35. The predicted octanol–water partition coefficient (Wildman–Crippen LogP) is 1.70. The van der Waals surface area contributed by atoms with Crippen LogP contribution in [0.15, 0.2) is 18.2 Å². The molecule has 0 aliphatic heterocycles. The molecule has 1 rings (SSSR count). The monoisotopic (exact) mass is 236 g/mol. The number of hydrogen-bond acceptors (Lipinski definition) is 3. The van der Waals surface area contributed by atoms with Crippen LogP contribution in [-0.4, -0.2) is 24.8 Å². The van der Waals surface area contributed by atoms with E-state index in [1.54, 1.807) is 0 Å². The van der Waals surface area contributed by atoms with Crippen LogP contribution in [0.5, 0.6) is 0 Å². The van der Waals surface area contributed by atoms with Gasteiger partial charge in [-0.1, -0.05) is 32.0 Å². The molecular weight excluding hydrogens is 212 g/mol. The van der Waals surface area contributed by atoms with E-state index >= 15 is 0 Å². The average molecular weight is 236 g/mol. The Morgan fingerprint density at radius 2 is 2.00 bits per heavy atom. The molecule has 0 radical (unpaired) electrons. The molecule has 0 amide bonds. The molecule has 0 bridgehead atoms. The number of aliphatic hydroxyl groups is 1. The van der Waals surface area contributed by atoms with Gasteiger partial charge in [0.15, 0.2) is 0 Å². The zero-order valence-corrected chi connectivity index (χ0v) is 11.2. The summed E-state index contributed by atoms with van der Waals surface area (Å²) in [6, 6.07) is 6.19. The average Bonchev–Trinajstić information content (AvgIpc) is 2.31. The molecule has 0 aliphatic rings. The minimum absolute atomic E-state index is 0.00120. The summed E-state index contributed by atoms with van der Waals surface area (Å²) in [5, 5.41) is 12.4. The van der Waals surface area contributed by atoms with Crippen molar-refractivity contribution in [2.75, 3.05) is 13.7 Å². The molecule has 3 nitrogen and oxygen atoms in total. The lowest BCUT2D eigenvalue weighted by Crippen LogP contribution is -2.39. The summed E-state index contributed by atoms with van der Waals surface area (Å²) in [7, 11) is 1.88. The number of rotatable bonds is 5. The summed E-state index contributed by atoms with van der Waals surface area (Å²) in [4.78, 5) is 0. The van der Waals surface area contributed by atoms with Crippen LogP contribution in [-0.2, 0) is 0 Å². The van der Waals surface area contributed by atoms with Crippen LogP contribution in [0.4, 0.5) is 0 Å². The van der Waals surface area contributed by atoms with Crippen molar-refractivity contribution in [1.29, 1.82) is 0 Å². The largest absolute Gasteiger partial charge is 0.395 e. The Bertz CT molecular complexity index is 363. The molecule has 0 heterocycles. The van der Waals surface area contributed by atoms with Crippen LogP contribution >= 0.6 is 0 Å². The van der Waals surface area contributed by atoms with Crippen molar-refractivity contribution in [2.45, 2.75) is 38.8 Å². The fourth-order valence-corrected chi connectivity index (χ4v) is 2.06. The number of likely N-dealkylation sites (N-methyl/N-ethyl adjacent to an activating group) is 1. The van der Waals surface area contributed by atoms with Gasteiger partial charge in [-0.2, -0.15) is 0 Å². The van der Waals surface area contributed by atoms with E-state index in [9.17, 15) is 5.11 Å². The number of nitrogens with two attached hydrogens (primary N) is 1. The van der Waals surface area contributed by atoms with Gasteiger partial charge in [0.05, 0.1) is 6.61 Å². The minimum Gasteiger partial charge on any atom is -0.395 e. The van der Waals surface area contributed by atoms with Crippen LogP contribution in [0.1, 0.15) is 42.5 Å². The van der Waals surface area contributed by atoms with Gasteiger partial charge in [-0.3, -0.25) is 0 Å². The van der Waals surface area contributed by atoms with Crippen molar-refractivity contribution in [2.24, 2.45) is 5.73 Å². The lowest BCUT2D eigenvalue weighted by atomic mass is 9.91. The second-order valence-electron chi connectivity index (χ2n) is 4.88. The number of benzene rings is 1. The van der Waals surface area contributed by atoms with Gasteiger partial charge in [0.2, 0.25) is 0 Å². The van der Waals surface area contributed by atoms with Gasteiger partial charge >= 0.3 is 0 Å². The minimum atomic E-state index is -0.277. The number of hydrogen-bond donors (Lipinski definition) is 3. The molecule has 17 heavy (non-hydrogen) atoms. The van der Waals surface area contributed by atoms with Crippen LogP contribution in [0.25, 0.3) is 0 Å². The van der Waals surface area contributed by atoms with E-state index in [0.717, 1.165) is 0 Å². The summed E-state index contributed by atoms with van der Waals surface area (Å²) in [6.07, 6.45) is 0. The second kappa shape index (κ2) is 6.15. The van der Waals surface area contributed by atoms with Crippen LogP contribution in [0.2, 0.25) is 0 Å². The Morgan fingerprint density at radius 3 is 2.47 bits per heavy atom. The van der Waals surface area contributed by atoms with Gasteiger partial charge in [-0.25, -0.2) is 0 Å². The standard InChI is InChI=1S/C14H24N2O/c1-9(2)11-6-5-10(3)12(7-11)14(16-4)13(15)8-17/h5-7,9,13-14,16-17H,8,15H2,1-4H3. The zero-order valence-electron chi connectivity index (χ0n) is 11.2. The Morgan fingerprint density at radius 1 is 1.35 bits per heavy atom. The SMILES string of the molecule is CNC(c1cc(C(C)C)ccc1C)C(N)CO. The summed E-state index contributed by atoms with van der Waals surface area (Å²) >= 11 is 0. The first-order valence-electron chi connectivity index (χ1n) is 6.15. The van der Waals surface area contributed by atoms with Gasteiger partial charge < -0.3 is 16.2 Å². The topological polar surface area (TPSA) is 58.3 Å². The molecule has 4 N–H and O–H groups in total. The Hall–Kier alpha value is -0.900. The van der Waals surface area contributed by atoms with Gasteiger partial charge in [-0.15, -0.1) is 0 Å². The Balaban J connectivity index is 3.13. The van der Waals surface area contributed by atoms with E-state index in [-0.39, 0.29) is 18.7 Å². The van der Waals surface area contributed by atoms with E-state index in [1.807, 2.05) is 7.05 Å². The lowest BCUT2D eigenvalue weighted by molar-refractivity contribution is 0.240. The fourth-order valence-electron chi connectivity index (χ4n) is 2.06. The first-order chi connectivity index (χ1) is 8.01. The van der Waals surface area contributed by atoms with Crippen molar-refractivity contribution in [3.63, 3.8) is 0 Å². The maximum Gasteiger partial charge on any atom is 0.0601 e. The van der Waals surface area contributed by atoms with Gasteiger partial charge in [0.1, 0.15) is 0 Å². The molecule has 0 aliphatic carbocycles. The molecule has 0 saturated heterocycles. The molecular formula is C14H24N2O. The van der Waals surface area contributed by atoms with E-state index in [2.05, 4.69) is 44.3 Å². The van der Waals surface area contributed by atoms with E-state index < -0.39 is 0 Å². The van der Waals surface area contributed by atoms with Crippen molar-refractivity contribution >= 4 is 0 Å². The van der Waals surface area contributed by atoms with Crippen molar-refractivity contribution in [1.82, 2.24) is 5.32 Å². The molecule has 2 unspecified atom stereocenters. The summed E-state index contributed by atoms with van der Waals surface area (Å²) in [5.74, 6) is 0.497. The number of aryl methyl sites for hydroxylation is 1. The quantitative estimate of drug-likeness (QED) is 0.729. The highest BCUT2D eigenvalue weighted by Gasteiger charge is 2.19. The third kappa shape index (κ3) is 3.28. The summed E-state index contributed by atoms with van der Waals surface area (Å²) in [6.45, 7) is 6.41. The van der Waals surface area contributed by atoms with Crippen LogP contribution in [0.3, 0.4) is 0 Å². The first-order valence-corrected chi connectivity index (χ1v) is 6.15. The van der Waals surface area contributed by atoms with E-state index in [0.29, 0.717) is 5.92 Å². The molecule has 3 heteroatoms. The Labute approximate surface area is 104 Å². The molecule has 0 fully saturated rings. The summed E-state index contributed by atoms with van der Waals surface area (Å²) < 4.78 is 0. The zero-order chi connectivity index (χ0) is 13.0. The normalized spacial score (nSPS) is 15.0. The van der Waals surface area contributed by atoms with E-state index in [4.69, 9.17) is 5.73 Å². The highest BCUT2D eigenvalue weighted by atomic mass is 16.3. The van der Waals surface area contributed by atoms with Crippen molar-refractivity contribution in [3.05, 3.63) is 34.9 Å². The van der Waals surface area contributed by atoms with Crippen molar-refractivity contribution in [3.8, 4) is 0 Å². The van der Waals surface area contributed by atoms with Gasteiger partial charge in [0.25, 0.3) is 0 Å². The maximum absolute atomic E-state index is 9.20. The first kappa shape index (κ1) is 14.2. The van der Waals surface area contributed by atoms with Crippen LogP contribution in [0, 0.1) is 6.92 Å². The number of aliphatic hydroxyl groups excluding tert-OH is 1. The van der Waals surface area contributed by atoms with Crippen molar-refractivity contribution < 1.29 is 5.11 Å². The summed E-state index contributed by atoms with van der Waals surface area (Å²) in [5.41, 5.74) is 9.63. The molecule has 0 spiro atoms. The second-order valence-corrected chi connectivity index (χ2v) is 4.88. The predicted molar refractivity (Wildman–Crippen MR) is 72.1 cm³/mol. The third-order valence-corrected chi connectivity index (χ3v) is 3.25. The highest BCUT2D eigenvalue weighted by Crippen LogP contribution is 2.24. The van der Waals surface area contributed by atoms with Gasteiger partial charge in [0, 0.05) is 12.1 Å². The lowest BCUT2D eigenvalue weighted by Gasteiger charge is -2.25. The maximum atomic E-state index is 9.20. The molecule has 96 valence electrons. The molecule has 0 aromatic heterocycles. The fraction of sp³-hybridized carbons (Fsp3) is 0.571. The molecule has 2 atom stereocenters.